The predicted octanol–water partition coefficient (Wildman–Crippen LogP) is 3.90. The van der Waals surface area contributed by atoms with Gasteiger partial charge in [-0.1, -0.05) is 39.0 Å². The van der Waals surface area contributed by atoms with Crippen molar-refractivity contribution in [3.05, 3.63) is 0 Å². The first-order chi connectivity index (χ1) is 7.41. The number of rotatable bonds is 9. The quantitative estimate of drug-likeness (QED) is 0.452. The standard InChI is InChI=1S/C14H26O/c1-2-3-4-5-6-7-8-9-10-11-12-13-14-15/h15H,2-3,6-14H2,1H3. The van der Waals surface area contributed by atoms with Crippen molar-refractivity contribution in [2.75, 3.05) is 6.61 Å². The molecule has 1 nitrogen and oxygen atoms in total. The zero-order valence-electron chi connectivity index (χ0n) is 10.2. The lowest BCUT2D eigenvalue weighted by molar-refractivity contribution is 0.282. The van der Waals surface area contributed by atoms with E-state index in [1.165, 1.54) is 44.9 Å². The van der Waals surface area contributed by atoms with Crippen LogP contribution in [0.5, 0.6) is 0 Å². The number of hydrogen-bond donors (Lipinski definition) is 1. The summed E-state index contributed by atoms with van der Waals surface area (Å²) in [7, 11) is 0. The number of unbranched alkanes of at least 4 members (excludes halogenated alkanes) is 8. The molecule has 0 amide bonds. The zero-order valence-corrected chi connectivity index (χ0v) is 10.2. The molecule has 0 saturated heterocycles. The van der Waals surface area contributed by atoms with Gasteiger partial charge in [0.2, 0.25) is 0 Å². The van der Waals surface area contributed by atoms with Gasteiger partial charge in [-0.05, 0) is 19.3 Å². The topological polar surface area (TPSA) is 20.2 Å². The summed E-state index contributed by atoms with van der Waals surface area (Å²) in [5.74, 6) is 6.39. The minimum absolute atomic E-state index is 0.354. The molecule has 0 aliphatic carbocycles. The fraction of sp³-hybridized carbons (Fsp3) is 0.857. The summed E-state index contributed by atoms with van der Waals surface area (Å²) in [6.45, 7) is 2.52. The Balaban J connectivity index is 2.96. The van der Waals surface area contributed by atoms with Crippen LogP contribution in [0.2, 0.25) is 0 Å². The summed E-state index contributed by atoms with van der Waals surface area (Å²) in [6, 6.07) is 0. The van der Waals surface area contributed by atoms with Crippen LogP contribution in [-0.4, -0.2) is 11.7 Å². The van der Waals surface area contributed by atoms with Crippen LogP contribution in [0, 0.1) is 11.8 Å². The van der Waals surface area contributed by atoms with Gasteiger partial charge in [-0.15, -0.1) is 11.8 Å². The van der Waals surface area contributed by atoms with Crippen LogP contribution >= 0.6 is 0 Å². The second kappa shape index (κ2) is 13.5. The van der Waals surface area contributed by atoms with Crippen molar-refractivity contribution in [1.29, 1.82) is 0 Å². The Morgan fingerprint density at radius 1 is 0.733 bits per heavy atom. The fourth-order valence-electron chi connectivity index (χ4n) is 1.51. The van der Waals surface area contributed by atoms with E-state index in [1.807, 2.05) is 0 Å². The Labute approximate surface area is 95.3 Å². The third-order valence-electron chi connectivity index (χ3n) is 2.46. The number of aliphatic hydroxyl groups excluding tert-OH is 1. The second-order valence-corrected chi connectivity index (χ2v) is 4.05. The molecule has 0 aromatic rings. The molecule has 0 unspecified atom stereocenters. The maximum atomic E-state index is 8.59. The molecule has 0 aliphatic heterocycles. The van der Waals surface area contributed by atoms with Crippen LogP contribution in [0.25, 0.3) is 0 Å². The Hall–Kier alpha value is -0.480. The van der Waals surface area contributed by atoms with Crippen molar-refractivity contribution in [3.63, 3.8) is 0 Å². The molecule has 0 aromatic carbocycles. The molecule has 1 heteroatoms. The highest BCUT2D eigenvalue weighted by molar-refractivity contribution is 4.98. The maximum absolute atomic E-state index is 8.59. The van der Waals surface area contributed by atoms with Gasteiger partial charge in [-0.25, -0.2) is 0 Å². The predicted molar refractivity (Wildman–Crippen MR) is 66.7 cm³/mol. The molecule has 0 radical (unpaired) electrons. The first kappa shape index (κ1) is 14.5. The van der Waals surface area contributed by atoms with Crippen molar-refractivity contribution in [2.45, 2.75) is 71.1 Å². The Morgan fingerprint density at radius 2 is 1.27 bits per heavy atom. The van der Waals surface area contributed by atoms with Crippen LogP contribution in [0.4, 0.5) is 0 Å². The van der Waals surface area contributed by atoms with Gasteiger partial charge in [-0.3, -0.25) is 0 Å². The summed E-state index contributed by atoms with van der Waals surface area (Å²) in [5, 5.41) is 8.59. The molecule has 0 aliphatic rings. The smallest absolute Gasteiger partial charge is 0.0431 e. The van der Waals surface area contributed by atoms with Gasteiger partial charge >= 0.3 is 0 Å². The molecular formula is C14H26O. The normalized spacial score (nSPS) is 9.73. The van der Waals surface area contributed by atoms with E-state index < -0.39 is 0 Å². The number of aliphatic hydroxyl groups is 1. The lowest BCUT2D eigenvalue weighted by Gasteiger charge is -1.98. The molecule has 0 spiro atoms. The van der Waals surface area contributed by atoms with Crippen LogP contribution < -0.4 is 0 Å². The van der Waals surface area contributed by atoms with Crippen molar-refractivity contribution in [2.24, 2.45) is 0 Å². The van der Waals surface area contributed by atoms with Crippen LogP contribution in [0.3, 0.4) is 0 Å². The maximum Gasteiger partial charge on any atom is 0.0431 e. The molecule has 0 bridgehead atoms. The largest absolute Gasteiger partial charge is 0.396 e. The lowest BCUT2D eigenvalue weighted by Crippen LogP contribution is -1.83. The summed E-state index contributed by atoms with van der Waals surface area (Å²) in [6.07, 6.45) is 12.0. The first-order valence-corrected chi connectivity index (χ1v) is 6.48. The van der Waals surface area contributed by atoms with Gasteiger partial charge in [0.05, 0.1) is 0 Å². The third-order valence-corrected chi connectivity index (χ3v) is 2.46. The van der Waals surface area contributed by atoms with Crippen LogP contribution in [0.15, 0.2) is 0 Å². The van der Waals surface area contributed by atoms with Crippen LogP contribution in [-0.2, 0) is 0 Å². The third kappa shape index (κ3) is 13.5. The molecule has 0 saturated carbocycles. The average molecular weight is 210 g/mol. The van der Waals surface area contributed by atoms with E-state index in [9.17, 15) is 0 Å². The highest BCUT2D eigenvalue weighted by Gasteiger charge is 1.90. The van der Waals surface area contributed by atoms with E-state index in [0.29, 0.717) is 6.61 Å². The molecule has 15 heavy (non-hydrogen) atoms. The fourth-order valence-corrected chi connectivity index (χ4v) is 1.51. The van der Waals surface area contributed by atoms with Gasteiger partial charge in [-0.2, -0.15) is 0 Å². The molecule has 0 atom stereocenters. The summed E-state index contributed by atoms with van der Waals surface area (Å²) in [5.41, 5.74) is 0. The molecular weight excluding hydrogens is 184 g/mol. The lowest BCUT2D eigenvalue weighted by atomic mass is 10.1. The van der Waals surface area contributed by atoms with Gasteiger partial charge in [0.1, 0.15) is 0 Å². The van der Waals surface area contributed by atoms with Gasteiger partial charge in [0, 0.05) is 19.4 Å². The molecule has 1 N–H and O–H groups in total. The Morgan fingerprint density at radius 3 is 1.87 bits per heavy atom. The minimum Gasteiger partial charge on any atom is -0.396 e. The molecule has 88 valence electrons. The van der Waals surface area contributed by atoms with Crippen molar-refractivity contribution in [1.82, 2.24) is 0 Å². The summed E-state index contributed by atoms with van der Waals surface area (Å²) >= 11 is 0. The van der Waals surface area contributed by atoms with E-state index in [4.69, 9.17) is 5.11 Å². The highest BCUT2D eigenvalue weighted by atomic mass is 16.2. The van der Waals surface area contributed by atoms with Crippen molar-refractivity contribution in [3.8, 4) is 11.8 Å². The SMILES string of the molecule is CCCC#CCCCCCCCCCO. The zero-order chi connectivity index (χ0) is 11.2. The molecule has 0 heterocycles. The van der Waals surface area contributed by atoms with Crippen molar-refractivity contribution < 1.29 is 5.11 Å². The second-order valence-electron chi connectivity index (χ2n) is 4.05. The van der Waals surface area contributed by atoms with Crippen LogP contribution in [0.1, 0.15) is 71.1 Å². The summed E-state index contributed by atoms with van der Waals surface area (Å²) < 4.78 is 0. The molecule has 0 aromatic heterocycles. The average Bonchev–Trinajstić information content (AvgIpc) is 2.26. The van der Waals surface area contributed by atoms with E-state index in [-0.39, 0.29) is 0 Å². The van der Waals surface area contributed by atoms with E-state index in [0.717, 1.165) is 19.3 Å². The van der Waals surface area contributed by atoms with Gasteiger partial charge < -0.3 is 5.11 Å². The summed E-state index contributed by atoms with van der Waals surface area (Å²) in [4.78, 5) is 0. The van der Waals surface area contributed by atoms with E-state index in [2.05, 4.69) is 18.8 Å². The minimum atomic E-state index is 0.354. The molecule has 0 fully saturated rings. The van der Waals surface area contributed by atoms with Crippen molar-refractivity contribution >= 4 is 0 Å². The Kier molecular flexibility index (Phi) is 13.1. The number of hydrogen-bond acceptors (Lipinski definition) is 1. The Bertz CT molecular complexity index is 164. The van der Waals surface area contributed by atoms with Gasteiger partial charge in [0.15, 0.2) is 0 Å². The van der Waals surface area contributed by atoms with Gasteiger partial charge in [0.25, 0.3) is 0 Å². The monoisotopic (exact) mass is 210 g/mol. The van der Waals surface area contributed by atoms with E-state index in [1.54, 1.807) is 0 Å². The van der Waals surface area contributed by atoms with E-state index >= 15 is 0 Å². The first-order valence-electron chi connectivity index (χ1n) is 6.48. The molecule has 0 rings (SSSR count). The highest BCUT2D eigenvalue weighted by Crippen LogP contribution is 2.07.